The normalized spacial score (nSPS) is 10.5. The molecular weight excluding hydrogens is 343 g/mol. The first-order chi connectivity index (χ1) is 12.5. The van der Waals surface area contributed by atoms with E-state index in [4.69, 9.17) is 9.47 Å². The van der Waals surface area contributed by atoms with Crippen LogP contribution >= 0.6 is 0 Å². The molecule has 0 fully saturated rings. The van der Waals surface area contributed by atoms with E-state index in [0.717, 1.165) is 18.9 Å². The molecule has 0 amide bonds. The third-order valence-corrected chi connectivity index (χ3v) is 3.75. The SMILES string of the molecule is CCCCOC(=O)c1ccnn1Cc1cc(C(=O)OC)c(OC)cc1F. The van der Waals surface area contributed by atoms with Gasteiger partial charge in [0.1, 0.15) is 22.8 Å². The van der Waals surface area contributed by atoms with Gasteiger partial charge < -0.3 is 14.2 Å². The summed E-state index contributed by atoms with van der Waals surface area (Å²) in [5.74, 6) is -1.70. The van der Waals surface area contributed by atoms with Crippen LogP contribution in [0.15, 0.2) is 24.4 Å². The van der Waals surface area contributed by atoms with Gasteiger partial charge >= 0.3 is 11.9 Å². The molecule has 0 saturated heterocycles. The molecule has 1 aromatic carbocycles. The minimum absolute atomic E-state index is 0.0506. The van der Waals surface area contributed by atoms with Gasteiger partial charge in [-0.3, -0.25) is 4.68 Å². The molecule has 0 aliphatic carbocycles. The summed E-state index contributed by atoms with van der Waals surface area (Å²) in [6.45, 7) is 2.25. The van der Waals surface area contributed by atoms with Crippen molar-refractivity contribution in [3.63, 3.8) is 0 Å². The van der Waals surface area contributed by atoms with Crippen molar-refractivity contribution in [2.75, 3.05) is 20.8 Å². The average Bonchev–Trinajstić information content (AvgIpc) is 3.10. The van der Waals surface area contributed by atoms with Crippen molar-refractivity contribution < 1.29 is 28.2 Å². The maximum Gasteiger partial charge on any atom is 0.356 e. The Hall–Kier alpha value is -2.90. The minimum atomic E-state index is -0.650. The van der Waals surface area contributed by atoms with E-state index in [-0.39, 0.29) is 29.1 Å². The first kappa shape index (κ1) is 19.4. The largest absolute Gasteiger partial charge is 0.496 e. The number of halogens is 1. The lowest BCUT2D eigenvalue weighted by Gasteiger charge is -2.12. The Morgan fingerprint density at radius 2 is 2.00 bits per heavy atom. The molecule has 0 spiro atoms. The first-order valence-electron chi connectivity index (χ1n) is 8.15. The molecule has 2 rings (SSSR count). The number of rotatable bonds is 8. The summed E-state index contributed by atoms with van der Waals surface area (Å²) in [6.07, 6.45) is 3.09. The van der Waals surface area contributed by atoms with E-state index in [1.165, 1.54) is 37.2 Å². The number of unbranched alkanes of at least 4 members (excludes halogenated alkanes) is 1. The highest BCUT2D eigenvalue weighted by atomic mass is 19.1. The molecule has 1 aromatic heterocycles. The van der Waals surface area contributed by atoms with E-state index in [9.17, 15) is 14.0 Å². The van der Waals surface area contributed by atoms with E-state index < -0.39 is 17.8 Å². The second-order valence-corrected chi connectivity index (χ2v) is 5.50. The molecule has 7 nitrogen and oxygen atoms in total. The van der Waals surface area contributed by atoms with Gasteiger partial charge in [-0.05, 0) is 18.6 Å². The molecule has 0 aliphatic rings. The van der Waals surface area contributed by atoms with Crippen LogP contribution in [0.5, 0.6) is 5.75 Å². The standard InChI is InChI=1S/C18H21FN2O5/c1-4-5-8-26-18(23)15-6-7-20-21(15)11-12-9-13(17(22)25-3)16(24-2)10-14(12)19/h6-7,9-10H,4-5,8,11H2,1-3H3. The summed E-state index contributed by atoms with van der Waals surface area (Å²) in [5, 5.41) is 4.04. The molecule has 140 valence electrons. The molecule has 0 N–H and O–H groups in total. The van der Waals surface area contributed by atoms with Crippen molar-refractivity contribution in [3.8, 4) is 5.75 Å². The zero-order chi connectivity index (χ0) is 19.1. The summed E-state index contributed by atoms with van der Waals surface area (Å²) in [4.78, 5) is 24.0. The quantitative estimate of drug-likeness (QED) is 0.529. The van der Waals surface area contributed by atoms with Crippen LogP contribution in [0.1, 0.15) is 46.2 Å². The number of esters is 2. The van der Waals surface area contributed by atoms with Crippen molar-refractivity contribution >= 4 is 11.9 Å². The molecule has 0 unspecified atom stereocenters. The van der Waals surface area contributed by atoms with E-state index in [2.05, 4.69) is 9.84 Å². The highest BCUT2D eigenvalue weighted by molar-refractivity contribution is 5.92. The number of hydrogen-bond acceptors (Lipinski definition) is 6. The van der Waals surface area contributed by atoms with Gasteiger partial charge in [0.15, 0.2) is 0 Å². The molecule has 8 heteroatoms. The molecular formula is C18H21FN2O5. The van der Waals surface area contributed by atoms with Crippen LogP contribution in [0, 0.1) is 5.82 Å². The summed E-state index contributed by atoms with van der Waals surface area (Å²) in [7, 11) is 2.56. The Morgan fingerprint density at radius 3 is 2.65 bits per heavy atom. The number of carbonyl (C=O) groups is 2. The van der Waals surface area contributed by atoms with Crippen LogP contribution in [-0.2, 0) is 16.0 Å². The fourth-order valence-electron chi connectivity index (χ4n) is 2.34. The Balaban J connectivity index is 2.28. The maximum absolute atomic E-state index is 14.4. The van der Waals surface area contributed by atoms with Gasteiger partial charge in [0.2, 0.25) is 0 Å². The number of methoxy groups -OCH3 is 2. The summed E-state index contributed by atoms with van der Waals surface area (Å²) < 4.78 is 30.6. The van der Waals surface area contributed by atoms with Gasteiger partial charge in [0.25, 0.3) is 0 Å². The Morgan fingerprint density at radius 1 is 1.23 bits per heavy atom. The number of nitrogens with zero attached hydrogens (tertiary/aromatic N) is 2. The van der Waals surface area contributed by atoms with Crippen molar-refractivity contribution in [3.05, 3.63) is 47.0 Å². The molecule has 1 heterocycles. The van der Waals surface area contributed by atoms with Gasteiger partial charge in [0, 0.05) is 17.8 Å². The number of carbonyl (C=O) groups excluding carboxylic acids is 2. The van der Waals surface area contributed by atoms with Crippen molar-refractivity contribution in [1.29, 1.82) is 0 Å². The van der Waals surface area contributed by atoms with E-state index in [0.29, 0.717) is 6.61 Å². The van der Waals surface area contributed by atoms with Gasteiger partial charge in [-0.2, -0.15) is 5.10 Å². The van der Waals surface area contributed by atoms with Gasteiger partial charge in [-0.25, -0.2) is 14.0 Å². The summed E-state index contributed by atoms with van der Waals surface area (Å²) in [6, 6.07) is 3.93. The highest BCUT2D eigenvalue weighted by Crippen LogP contribution is 2.24. The van der Waals surface area contributed by atoms with Gasteiger partial charge in [-0.15, -0.1) is 0 Å². The molecule has 0 atom stereocenters. The monoisotopic (exact) mass is 364 g/mol. The van der Waals surface area contributed by atoms with Crippen LogP contribution in [0.3, 0.4) is 0 Å². The van der Waals surface area contributed by atoms with E-state index in [1.54, 1.807) is 0 Å². The number of aromatic nitrogens is 2. The fourth-order valence-corrected chi connectivity index (χ4v) is 2.34. The minimum Gasteiger partial charge on any atom is -0.496 e. The van der Waals surface area contributed by atoms with Crippen molar-refractivity contribution in [2.24, 2.45) is 0 Å². The van der Waals surface area contributed by atoms with Gasteiger partial charge in [-0.1, -0.05) is 13.3 Å². The van der Waals surface area contributed by atoms with E-state index in [1.807, 2.05) is 6.92 Å². The fraction of sp³-hybridized carbons (Fsp3) is 0.389. The zero-order valence-corrected chi connectivity index (χ0v) is 15.0. The molecule has 0 bridgehead atoms. The predicted molar refractivity (Wildman–Crippen MR) is 90.8 cm³/mol. The van der Waals surface area contributed by atoms with Gasteiger partial charge in [0.05, 0.1) is 27.4 Å². The van der Waals surface area contributed by atoms with Crippen LogP contribution in [0.25, 0.3) is 0 Å². The second-order valence-electron chi connectivity index (χ2n) is 5.50. The molecule has 2 aromatic rings. The highest BCUT2D eigenvalue weighted by Gasteiger charge is 2.19. The third-order valence-electron chi connectivity index (χ3n) is 3.75. The van der Waals surface area contributed by atoms with Crippen LogP contribution in [-0.4, -0.2) is 42.5 Å². The molecule has 26 heavy (non-hydrogen) atoms. The molecule has 0 aliphatic heterocycles. The van der Waals surface area contributed by atoms with Crippen molar-refractivity contribution in [1.82, 2.24) is 9.78 Å². The summed E-state index contributed by atoms with van der Waals surface area (Å²) in [5.41, 5.74) is 0.457. The maximum atomic E-state index is 14.4. The lowest BCUT2D eigenvalue weighted by atomic mass is 10.1. The van der Waals surface area contributed by atoms with Crippen LogP contribution in [0.2, 0.25) is 0 Å². The lowest BCUT2D eigenvalue weighted by Crippen LogP contribution is -2.16. The molecule has 0 saturated carbocycles. The van der Waals surface area contributed by atoms with E-state index >= 15 is 0 Å². The number of hydrogen-bond donors (Lipinski definition) is 0. The Bertz CT molecular complexity index is 788. The topological polar surface area (TPSA) is 79.7 Å². The number of ether oxygens (including phenoxy) is 3. The zero-order valence-electron chi connectivity index (χ0n) is 15.0. The van der Waals surface area contributed by atoms with Crippen LogP contribution < -0.4 is 4.74 Å². The van der Waals surface area contributed by atoms with Crippen LogP contribution in [0.4, 0.5) is 4.39 Å². The Kier molecular flexibility index (Phi) is 6.71. The Labute approximate surface area is 150 Å². The van der Waals surface area contributed by atoms with Crippen molar-refractivity contribution in [2.45, 2.75) is 26.3 Å². The smallest absolute Gasteiger partial charge is 0.356 e. The average molecular weight is 364 g/mol. The third kappa shape index (κ3) is 4.38. The lowest BCUT2D eigenvalue weighted by molar-refractivity contribution is 0.0485. The molecule has 0 radical (unpaired) electrons. The predicted octanol–water partition coefficient (Wildman–Crippen LogP) is 2.82. The first-order valence-corrected chi connectivity index (χ1v) is 8.15. The second kappa shape index (κ2) is 8.98. The summed E-state index contributed by atoms with van der Waals surface area (Å²) >= 11 is 0. The number of benzene rings is 1.